The lowest BCUT2D eigenvalue weighted by Crippen LogP contribution is -2.37. The maximum atomic E-state index is 9.11. The summed E-state index contributed by atoms with van der Waals surface area (Å²) in [7, 11) is 0. The predicted octanol–water partition coefficient (Wildman–Crippen LogP) is 2.66. The van der Waals surface area contributed by atoms with E-state index in [-0.39, 0.29) is 0 Å². The van der Waals surface area contributed by atoms with Gasteiger partial charge in [0.25, 0.3) is 0 Å². The van der Waals surface area contributed by atoms with Crippen molar-refractivity contribution in [1.29, 1.82) is 5.26 Å². The molecule has 1 aliphatic heterocycles. The molecule has 2 unspecified atom stereocenters. The molecule has 1 aromatic rings. The average Bonchev–Trinajstić information content (AvgIpc) is 2.47. The molecule has 1 fully saturated rings. The molecule has 0 spiro atoms. The molecule has 0 bridgehead atoms. The van der Waals surface area contributed by atoms with E-state index in [1.807, 2.05) is 19.2 Å². The molecule has 3 nitrogen and oxygen atoms in total. The molecule has 1 aliphatic carbocycles. The van der Waals surface area contributed by atoms with Gasteiger partial charge >= 0.3 is 0 Å². The third-order valence-corrected chi connectivity index (χ3v) is 4.46. The van der Waals surface area contributed by atoms with Crippen LogP contribution in [0.2, 0.25) is 0 Å². The van der Waals surface area contributed by atoms with Crippen LogP contribution in [-0.2, 0) is 0 Å². The average molecular weight is 253 g/mol. The lowest BCUT2D eigenvalue weighted by molar-refractivity contribution is 0.279. The monoisotopic (exact) mass is 253 g/mol. The molecule has 1 aromatic heterocycles. The number of aryl methyl sites for hydroxylation is 1. The predicted molar refractivity (Wildman–Crippen MR) is 75.4 cm³/mol. The quantitative estimate of drug-likeness (QED) is 0.837. The highest BCUT2D eigenvalue weighted by Crippen LogP contribution is 2.36. The molecule has 2 atom stereocenters. The van der Waals surface area contributed by atoms with E-state index in [1.54, 1.807) is 0 Å². The van der Waals surface area contributed by atoms with E-state index in [4.69, 9.17) is 5.26 Å². The smallest absolute Gasteiger partial charge is 0.101 e. The summed E-state index contributed by atoms with van der Waals surface area (Å²) in [6.07, 6.45) is 8.02. The Bertz CT molecular complexity index is 554. The molecule has 0 radical (unpaired) electrons. The number of piperidine rings is 1. The summed E-state index contributed by atoms with van der Waals surface area (Å²) in [5.41, 5.74) is 4.02. The van der Waals surface area contributed by atoms with Crippen LogP contribution < -0.4 is 5.32 Å². The Hall–Kier alpha value is -1.66. The number of aromatic nitrogens is 1. The molecule has 0 saturated carbocycles. The molecule has 2 heterocycles. The number of hydrogen-bond donors (Lipinski definition) is 1. The maximum Gasteiger partial charge on any atom is 0.101 e. The van der Waals surface area contributed by atoms with Crippen molar-refractivity contribution in [2.24, 2.45) is 11.8 Å². The number of nitriles is 1. The van der Waals surface area contributed by atoms with E-state index in [0.29, 0.717) is 11.5 Å². The normalized spacial score (nSPS) is 26.2. The Morgan fingerprint density at radius 3 is 3.16 bits per heavy atom. The van der Waals surface area contributed by atoms with Crippen LogP contribution in [0.25, 0.3) is 5.57 Å². The fourth-order valence-electron chi connectivity index (χ4n) is 3.24. The third-order valence-electron chi connectivity index (χ3n) is 4.46. The summed E-state index contributed by atoms with van der Waals surface area (Å²) in [5.74, 6) is 1.50. The van der Waals surface area contributed by atoms with Gasteiger partial charge in [-0.05, 0) is 61.8 Å². The van der Waals surface area contributed by atoms with Gasteiger partial charge in [-0.3, -0.25) is 4.98 Å². The van der Waals surface area contributed by atoms with Crippen molar-refractivity contribution in [2.75, 3.05) is 13.1 Å². The van der Waals surface area contributed by atoms with Gasteiger partial charge in [0, 0.05) is 12.7 Å². The van der Waals surface area contributed by atoms with Gasteiger partial charge < -0.3 is 5.32 Å². The first-order chi connectivity index (χ1) is 9.28. The summed E-state index contributed by atoms with van der Waals surface area (Å²) in [6.45, 7) is 4.15. The van der Waals surface area contributed by atoms with Crippen molar-refractivity contribution in [3.63, 3.8) is 0 Å². The van der Waals surface area contributed by atoms with Gasteiger partial charge in [0.05, 0.1) is 11.3 Å². The van der Waals surface area contributed by atoms with Crippen molar-refractivity contribution in [3.05, 3.63) is 35.2 Å². The fraction of sp³-hybridized carbons (Fsp3) is 0.500. The molecule has 19 heavy (non-hydrogen) atoms. The van der Waals surface area contributed by atoms with Gasteiger partial charge in [-0.1, -0.05) is 6.08 Å². The van der Waals surface area contributed by atoms with Gasteiger partial charge in [-0.15, -0.1) is 0 Å². The van der Waals surface area contributed by atoms with E-state index < -0.39 is 0 Å². The SMILES string of the molecule is Cc1ncc(C2=CC3CNCCC3CC2)cc1C#N. The number of nitrogens with one attached hydrogen (secondary N) is 1. The summed E-state index contributed by atoms with van der Waals surface area (Å²) < 4.78 is 0. The number of fused-ring (bicyclic) bond motifs is 1. The van der Waals surface area contributed by atoms with Crippen molar-refractivity contribution in [3.8, 4) is 6.07 Å². The number of rotatable bonds is 1. The van der Waals surface area contributed by atoms with Crippen molar-refractivity contribution >= 4 is 5.57 Å². The summed E-state index contributed by atoms with van der Waals surface area (Å²) in [5, 5.41) is 12.6. The summed E-state index contributed by atoms with van der Waals surface area (Å²) >= 11 is 0. The van der Waals surface area contributed by atoms with E-state index in [9.17, 15) is 0 Å². The van der Waals surface area contributed by atoms with Crippen molar-refractivity contribution in [1.82, 2.24) is 10.3 Å². The van der Waals surface area contributed by atoms with Gasteiger partial charge in [-0.25, -0.2) is 0 Å². The Morgan fingerprint density at radius 1 is 1.42 bits per heavy atom. The van der Waals surface area contributed by atoms with Gasteiger partial charge in [0.2, 0.25) is 0 Å². The standard InChI is InChI=1S/C16H19N3/c1-11-14(8-17)7-16(10-19-11)13-3-2-12-4-5-18-9-15(12)6-13/h6-7,10,12,15,18H,2-5,9H2,1H3. The topological polar surface area (TPSA) is 48.7 Å². The van der Waals surface area contributed by atoms with Gasteiger partial charge in [0.1, 0.15) is 6.07 Å². The van der Waals surface area contributed by atoms with E-state index in [2.05, 4.69) is 22.4 Å². The molecule has 1 N–H and O–H groups in total. The number of pyridine rings is 1. The highest BCUT2D eigenvalue weighted by atomic mass is 14.9. The van der Waals surface area contributed by atoms with Gasteiger partial charge in [-0.2, -0.15) is 5.26 Å². The zero-order valence-corrected chi connectivity index (χ0v) is 11.3. The van der Waals surface area contributed by atoms with E-state index in [0.717, 1.165) is 36.7 Å². The van der Waals surface area contributed by atoms with E-state index in [1.165, 1.54) is 18.4 Å². The van der Waals surface area contributed by atoms with Crippen LogP contribution in [0, 0.1) is 30.1 Å². The molecule has 0 amide bonds. The molecule has 0 aromatic carbocycles. The van der Waals surface area contributed by atoms with Crippen LogP contribution in [0.3, 0.4) is 0 Å². The van der Waals surface area contributed by atoms with Crippen molar-refractivity contribution in [2.45, 2.75) is 26.2 Å². The lowest BCUT2D eigenvalue weighted by atomic mass is 9.76. The summed E-state index contributed by atoms with van der Waals surface area (Å²) in [4.78, 5) is 4.35. The second-order valence-corrected chi connectivity index (χ2v) is 5.62. The van der Waals surface area contributed by atoms with E-state index >= 15 is 0 Å². The maximum absolute atomic E-state index is 9.11. The van der Waals surface area contributed by atoms with Gasteiger partial charge in [0.15, 0.2) is 0 Å². The Labute approximate surface area is 114 Å². The first-order valence-corrected chi connectivity index (χ1v) is 7.06. The highest BCUT2D eigenvalue weighted by Gasteiger charge is 2.27. The molecular weight excluding hydrogens is 234 g/mol. The third kappa shape index (κ3) is 2.41. The second kappa shape index (κ2) is 5.14. The minimum Gasteiger partial charge on any atom is -0.316 e. The molecule has 2 aliphatic rings. The first-order valence-electron chi connectivity index (χ1n) is 7.06. The Balaban J connectivity index is 1.90. The number of nitrogens with zero attached hydrogens (tertiary/aromatic N) is 2. The lowest BCUT2D eigenvalue weighted by Gasteiger charge is -2.34. The van der Waals surface area contributed by atoms with Crippen LogP contribution >= 0.6 is 0 Å². The zero-order chi connectivity index (χ0) is 13.2. The number of allylic oxidation sites excluding steroid dienone is 1. The second-order valence-electron chi connectivity index (χ2n) is 5.62. The minimum absolute atomic E-state index is 0.657. The Kier molecular flexibility index (Phi) is 3.35. The zero-order valence-electron chi connectivity index (χ0n) is 11.3. The fourth-order valence-corrected chi connectivity index (χ4v) is 3.24. The molecule has 98 valence electrons. The molecule has 1 saturated heterocycles. The van der Waals surface area contributed by atoms with Crippen LogP contribution in [0.15, 0.2) is 18.3 Å². The number of hydrogen-bond acceptors (Lipinski definition) is 3. The first kappa shape index (κ1) is 12.4. The minimum atomic E-state index is 0.657. The van der Waals surface area contributed by atoms with Crippen LogP contribution in [0.5, 0.6) is 0 Å². The highest BCUT2D eigenvalue weighted by molar-refractivity contribution is 5.67. The molecular formula is C16H19N3. The Morgan fingerprint density at radius 2 is 2.32 bits per heavy atom. The molecule has 3 heteroatoms. The van der Waals surface area contributed by atoms with Crippen LogP contribution in [0.1, 0.15) is 36.1 Å². The largest absolute Gasteiger partial charge is 0.316 e. The van der Waals surface area contributed by atoms with Crippen LogP contribution in [0.4, 0.5) is 0 Å². The molecule has 3 rings (SSSR count). The van der Waals surface area contributed by atoms with Crippen LogP contribution in [-0.4, -0.2) is 18.1 Å². The summed E-state index contributed by atoms with van der Waals surface area (Å²) in [6, 6.07) is 4.22. The van der Waals surface area contributed by atoms with Crippen molar-refractivity contribution < 1.29 is 0 Å².